The molecule has 3 heteroatoms. The molecule has 1 aliphatic heterocycles. The Morgan fingerprint density at radius 1 is 1.46 bits per heavy atom. The second kappa shape index (κ2) is 2.57. The summed E-state index contributed by atoms with van der Waals surface area (Å²) in [5, 5.41) is 0. The van der Waals surface area contributed by atoms with E-state index in [-0.39, 0.29) is 11.9 Å². The quantitative estimate of drug-likeness (QED) is 0.518. The lowest BCUT2D eigenvalue weighted by atomic mass is 10.3. The van der Waals surface area contributed by atoms with Crippen LogP contribution in [0.25, 0.3) is 0 Å². The number of carbonyl (C=O) groups excluding carboxylic acids is 1. The van der Waals surface area contributed by atoms with Gasteiger partial charge in [-0.05, 0) is 12.1 Å². The molecule has 0 saturated carbocycles. The molecular weight excluding hydrogens is 164 g/mol. The molecule has 13 heavy (non-hydrogen) atoms. The number of para-hydroxylation sites is 1. The third-order valence-corrected chi connectivity index (χ3v) is 2.78. The first-order valence-corrected chi connectivity index (χ1v) is 4.35. The van der Waals surface area contributed by atoms with Crippen LogP contribution in [0.2, 0.25) is 0 Å². The molecule has 1 fully saturated rings. The molecule has 2 atom stereocenters. The zero-order chi connectivity index (χ0) is 9.47. The van der Waals surface area contributed by atoms with E-state index in [1.165, 1.54) is 0 Å². The molecule has 1 amide bonds. The summed E-state index contributed by atoms with van der Waals surface area (Å²) >= 11 is 0. The van der Waals surface area contributed by atoms with Crippen LogP contribution in [0.4, 0.5) is 5.69 Å². The normalized spacial score (nSPS) is 31.3. The molecule has 0 bridgehead atoms. The second-order valence-corrected chi connectivity index (χ2v) is 3.70. The molecule has 0 aromatic heterocycles. The summed E-state index contributed by atoms with van der Waals surface area (Å²) in [5.74, 6) is -0.202. The Hall–Kier alpha value is -1.35. The zero-order valence-corrected chi connectivity index (χ0v) is 7.60. The first-order chi connectivity index (χ1) is 6.14. The van der Waals surface area contributed by atoms with Gasteiger partial charge in [-0.3, -0.25) is 9.28 Å². The molecule has 1 saturated heterocycles. The number of nitrogens with two attached hydrogens (primary N) is 1. The first kappa shape index (κ1) is 8.26. The lowest BCUT2D eigenvalue weighted by molar-refractivity contribution is -0.118. The van der Waals surface area contributed by atoms with E-state index in [0.717, 1.165) is 12.2 Å². The van der Waals surface area contributed by atoms with Gasteiger partial charge >= 0.3 is 0 Å². The summed E-state index contributed by atoms with van der Waals surface area (Å²) in [6.07, 6.45) is 0. The highest BCUT2D eigenvalue weighted by atomic mass is 16.2. The van der Waals surface area contributed by atoms with Gasteiger partial charge in [-0.2, -0.15) is 0 Å². The molecule has 3 nitrogen and oxygen atoms in total. The number of nitrogens with zero attached hydrogens (tertiary/aromatic N) is 1. The number of hydrogen-bond donors (Lipinski definition) is 1. The van der Waals surface area contributed by atoms with Crippen molar-refractivity contribution < 1.29 is 4.79 Å². The van der Waals surface area contributed by atoms with E-state index in [4.69, 9.17) is 5.73 Å². The molecule has 2 N–H and O–H groups in total. The van der Waals surface area contributed by atoms with Gasteiger partial charge in [0.15, 0.2) is 0 Å². The maximum Gasteiger partial charge on any atom is 0.282 e. The van der Waals surface area contributed by atoms with Gasteiger partial charge in [-0.25, -0.2) is 0 Å². The maximum atomic E-state index is 11.0. The number of benzene rings is 1. The average Bonchev–Trinajstić information content (AvgIpc) is 2.82. The van der Waals surface area contributed by atoms with Crippen molar-refractivity contribution in [1.29, 1.82) is 0 Å². The number of carbonyl (C=O) groups is 1. The van der Waals surface area contributed by atoms with Crippen molar-refractivity contribution >= 4 is 11.6 Å². The number of likely N-dealkylation sites (N-methyl/N-ethyl adjacent to an activating group) is 1. The third kappa shape index (κ3) is 1.21. The minimum Gasteiger partial charge on any atom is -0.364 e. The van der Waals surface area contributed by atoms with Crippen LogP contribution in [0.15, 0.2) is 30.3 Å². The van der Waals surface area contributed by atoms with Gasteiger partial charge in [0, 0.05) is 0 Å². The maximum absolute atomic E-state index is 11.0. The molecule has 1 aliphatic rings. The number of rotatable bonds is 2. The number of hydrogen-bond acceptors (Lipinski definition) is 1. The van der Waals surface area contributed by atoms with E-state index in [1.54, 1.807) is 0 Å². The van der Waals surface area contributed by atoms with Gasteiger partial charge < -0.3 is 5.73 Å². The fourth-order valence-electron chi connectivity index (χ4n) is 1.74. The largest absolute Gasteiger partial charge is 0.364 e. The SMILES string of the molecule is C[N+]1(c2ccccc2)CC1C(N)=O. The summed E-state index contributed by atoms with van der Waals surface area (Å²) in [5.41, 5.74) is 6.41. The Balaban J connectivity index is 2.25. The Morgan fingerprint density at radius 3 is 2.54 bits per heavy atom. The van der Waals surface area contributed by atoms with Crippen LogP contribution in [-0.4, -0.2) is 25.5 Å². The van der Waals surface area contributed by atoms with E-state index in [0.29, 0.717) is 4.48 Å². The van der Waals surface area contributed by atoms with Crippen LogP contribution in [0.1, 0.15) is 0 Å². The van der Waals surface area contributed by atoms with Crippen molar-refractivity contribution in [3.8, 4) is 0 Å². The monoisotopic (exact) mass is 177 g/mol. The van der Waals surface area contributed by atoms with E-state index in [1.807, 2.05) is 37.4 Å². The van der Waals surface area contributed by atoms with Crippen molar-refractivity contribution in [2.75, 3.05) is 13.6 Å². The van der Waals surface area contributed by atoms with Gasteiger partial charge in [0.05, 0.1) is 7.05 Å². The highest BCUT2D eigenvalue weighted by Gasteiger charge is 2.57. The van der Waals surface area contributed by atoms with Crippen molar-refractivity contribution in [2.24, 2.45) is 5.73 Å². The number of quaternary nitrogens is 1. The Kier molecular flexibility index (Phi) is 1.63. The van der Waals surface area contributed by atoms with Crippen molar-refractivity contribution in [3.05, 3.63) is 30.3 Å². The highest BCUT2D eigenvalue weighted by molar-refractivity contribution is 5.87. The smallest absolute Gasteiger partial charge is 0.282 e. The second-order valence-electron chi connectivity index (χ2n) is 3.70. The molecule has 1 heterocycles. The predicted molar refractivity (Wildman–Crippen MR) is 52.0 cm³/mol. The van der Waals surface area contributed by atoms with Crippen molar-refractivity contribution in [2.45, 2.75) is 6.04 Å². The van der Waals surface area contributed by atoms with Crippen LogP contribution in [-0.2, 0) is 4.79 Å². The van der Waals surface area contributed by atoms with Crippen LogP contribution in [0.3, 0.4) is 0 Å². The summed E-state index contributed by atoms with van der Waals surface area (Å²) < 4.78 is 0.663. The van der Waals surface area contributed by atoms with E-state index in [9.17, 15) is 4.79 Å². The summed E-state index contributed by atoms with van der Waals surface area (Å²) in [6, 6.07) is 9.97. The lowest BCUT2D eigenvalue weighted by Crippen LogP contribution is -2.31. The summed E-state index contributed by atoms with van der Waals surface area (Å²) in [4.78, 5) is 11.0. The lowest BCUT2D eigenvalue weighted by Gasteiger charge is -2.11. The highest BCUT2D eigenvalue weighted by Crippen LogP contribution is 2.35. The summed E-state index contributed by atoms with van der Waals surface area (Å²) in [7, 11) is 2.03. The van der Waals surface area contributed by atoms with Crippen LogP contribution in [0.5, 0.6) is 0 Å². The molecule has 1 aromatic rings. The average molecular weight is 177 g/mol. The Labute approximate surface area is 77.4 Å². The van der Waals surface area contributed by atoms with Gasteiger partial charge in [0.2, 0.25) is 6.04 Å². The van der Waals surface area contributed by atoms with Crippen molar-refractivity contribution in [3.63, 3.8) is 0 Å². The minimum absolute atomic E-state index is 0.0256. The van der Waals surface area contributed by atoms with Gasteiger partial charge in [-0.1, -0.05) is 18.2 Å². The van der Waals surface area contributed by atoms with E-state index < -0.39 is 0 Å². The van der Waals surface area contributed by atoms with Crippen LogP contribution >= 0.6 is 0 Å². The van der Waals surface area contributed by atoms with E-state index >= 15 is 0 Å². The Morgan fingerprint density at radius 2 is 2.08 bits per heavy atom. The molecule has 2 unspecified atom stereocenters. The third-order valence-electron chi connectivity index (χ3n) is 2.78. The molecule has 1 aromatic carbocycles. The first-order valence-electron chi connectivity index (χ1n) is 4.35. The standard InChI is InChI=1S/C10H12N2O/c1-12(7-9(12)10(11)13)8-5-3-2-4-6-8/h2-6,9H,7H2,1H3,(H-,11,13)/p+1. The zero-order valence-electron chi connectivity index (χ0n) is 7.60. The molecule has 68 valence electrons. The fraction of sp³-hybridized carbons (Fsp3) is 0.300. The topological polar surface area (TPSA) is 43.1 Å². The number of amides is 1. The minimum atomic E-state index is -0.202. The molecule has 0 radical (unpaired) electrons. The fourth-order valence-corrected chi connectivity index (χ4v) is 1.74. The van der Waals surface area contributed by atoms with Crippen molar-refractivity contribution in [1.82, 2.24) is 4.48 Å². The van der Waals surface area contributed by atoms with E-state index in [2.05, 4.69) is 0 Å². The number of primary amides is 1. The summed E-state index contributed by atoms with van der Waals surface area (Å²) in [6.45, 7) is 0.833. The molecular formula is C10H13N2O+. The molecule has 0 spiro atoms. The molecule has 2 rings (SSSR count). The van der Waals surface area contributed by atoms with Crippen LogP contribution in [0, 0.1) is 0 Å². The van der Waals surface area contributed by atoms with Crippen LogP contribution < -0.4 is 10.2 Å². The Bertz CT molecular complexity index is 336. The predicted octanol–water partition coefficient (Wildman–Crippen LogP) is 0.491. The van der Waals surface area contributed by atoms with Gasteiger partial charge in [0.1, 0.15) is 12.2 Å². The molecule has 0 aliphatic carbocycles. The van der Waals surface area contributed by atoms with Gasteiger partial charge in [-0.15, -0.1) is 0 Å². The van der Waals surface area contributed by atoms with Gasteiger partial charge in [0.25, 0.3) is 5.91 Å².